The number of rotatable bonds is 3. The molecule has 30 heavy (non-hydrogen) atoms. The van der Waals surface area contributed by atoms with Gasteiger partial charge in [0.1, 0.15) is 12.0 Å². The first-order valence-electron chi connectivity index (χ1n) is 9.55. The summed E-state index contributed by atoms with van der Waals surface area (Å²) >= 11 is 5.88. The lowest BCUT2D eigenvalue weighted by atomic mass is 9.46. The SMILES string of the molecule is O=C(Nc1c(F)c(F)c(F)c(F)c1F)C12C[C@@H]3C[C@@H](C1)CC(n1cnc(Cl)n1)(C3)C2. The number of nitrogens with one attached hydrogen (secondary N) is 1. The van der Waals surface area contributed by atoms with Crippen LogP contribution in [0.5, 0.6) is 0 Å². The number of benzene rings is 1. The Balaban J connectivity index is 1.51. The van der Waals surface area contributed by atoms with Gasteiger partial charge in [-0.3, -0.25) is 4.79 Å². The van der Waals surface area contributed by atoms with Crippen molar-refractivity contribution in [1.82, 2.24) is 14.8 Å². The molecule has 0 saturated heterocycles. The van der Waals surface area contributed by atoms with Gasteiger partial charge in [0.25, 0.3) is 0 Å². The second-order valence-electron chi connectivity index (χ2n) is 8.82. The van der Waals surface area contributed by atoms with E-state index in [4.69, 9.17) is 11.6 Å². The Bertz CT molecular complexity index is 1030. The van der Waals surface area contributed by atoms with Gasteiger partial charge in [-0.05, 0) is 62.0 Å². The van der Waals surface area contributed by atoms with E-state index >= 15 is 0 Å². The minimum absolute atomic E-state index is 0.0747. The second kappa shape index (κ2) is 6.38. The molecule has 1 heterocycles. The third-order valence-electron chi connectivity index (χ3n) is 6.91. The van der Waals surface area contributed by atoms with Crippen LogP contribution in [0, 0.1) is 46.3 Å². The van der Waals surface area contributed by atoms with Gasteiger partial charge >= 0.3 is 0 Å². The molecule has 4 aliphatic rings. The normalized spacial score (nSPS) is 31.9. The number of carbonyl (C=O) groups excluding carboxylic acids is 1. The van der Waals surface area contributed by atoms with Crippen molar-refractivity contribution in [3.8, 4) is 0 Å². The van der Waals surface area contributed by atoms with Gasteiger partial charge in [0, 0.05) is 0 Å². The summed E-state index contributed by atoms with van der Waals surface area (Å²) in [6, 6.07) is 0. The Morgan fingerprint density at radius 2 is 1.57 bits per heavy atom. The first kappa shape index (κ1) is 19.7. The summed E-state index contributed by atoms with van der Waals surface area (Å²) in [5.74, 6) is -10.9. The standard InChI is InChI=1S/C19H16ClF5N4O/c20-17-26-7-29(28-17)19-4-8-1-9(5-19)3-18(2-8,6-19)16(30)27-15-13(24)11(22)10(21)12(23)14(15)25/h7-9H,1-6H2,(H,27,30)/t8-,9-,18?,19?/m0/s1. The molecule has 2 atom stereocenters. The highest BCUT2D eigenvalue weighted by Gasteiger charge is 2.62. The second-order valence-corrected chi connectivity index (χ2v) is 9.16. The zero-order valence-corrected chi connectivity index (χ0v) is 16.2. The van der Waals surface area contributed by atoms with Crippen molar-refractivity contribution in [1.29, 1.82) is 0 Å². The lowest BCUT2D eigenvalue weighted by Crippen LogP contribution is -2.60. The monoisotopic (exact) mass is 446 g/mol. The predicted octanol–water partition coefficient (Wildman–Crippen LogP) is 4.56. The highest BCUT2D eigenvalue weighted by atomic mass is 35.5. The minimum atomic E-state index is -2.26. The molecule has 0 aliphatic heterocycles. The van der Waals surface area contributed by atoms with Crippen LogP contribution in [-0.4, -0.2) is 20.7 Å². The van der Waals surface area contributed by atoms with Crippen LogP contribution in [0.1, 0.15) is 38.5 Å². The Kier molecular flexibility index (Phi) is 4.20. The molecule has 0 radical (unpaired) electrons. The maximum atomic E-state index is 14.1. The van der Waals surface area contributed by atoms with Gasteiger partial charge in [0.05, 0.1) is 11.0 Å². The molecule has 4 fully saturated rings. The van der Waals surface area contributed by atoms with Crippen LogP contribution >= 0.6 is 11.6 Å². The summed E-state index contributed by atoms with van der Waals surface area (Å²) in [4.78, 5) is 17.2. The van der Waals surface area contributed by atoms with Gasteiger partial charge in [-0.25, -0.2) is 31.6 Å². The summed E-state index contributed by atoms with van der Waals surface area (Å²) in [7, 11) is 0. The Labute approximate surface area is 172 Å². The van der Waals surface area contributed by atoms with Crippen LogP contribution in [0.15, 0.2) is 6.33 Å². The van der Waals surface area contributed by atoms with Crippen molar-refractivity contribution in [3.63, 3.8) is 0 Å². The molecule has 11 heteroatoms. The molecule has 5 nitrogen and oxygen atoms in total. The van der Waals surface area contributed by atoms with E-state index in [1.807, 2.05) is 5.32 Å². The topological polar surface area (TPSA) is 59.8 Å². The summed E-state index contributed by atoms with van der Waals surface area (Å²) in [5, 5.41) is 6.30. The largest absolute Gasteiger partial charge is 0.321 e. The van der Waals surface area contributed by atoms with Crippen LogP contribution in [-0.2, 0) is 10.3 Å². The molecular weight excluding hydrogens is 431 g/mol. The molecule has 160 valence electrons. The molecule has 0 unspecified atom stereocenters. The molecule has 2 aromatic rings. The van der Waals surface area contributed by atoms with Crippen LogP contribution in [0.25, 0.3) is 0 Å². The fraction of sp³-hybridized carbons (Fsp3) is 0.526. The van der Waals surface area contributed by atoms with E-state index in [0.29, 0.717) is 19.3 Å². The quantitative estimate of drug-likeness (QED) is 0.427. The fourth-order valence-electron chi connectivity index (χ4n) is 6.18. The number of anilines is 1. The van der Waals surface area contributed by atoms with Crippen LogP contribution in [0.2, 0.25) is 5.28 Å². The molecule has 4 aliphatic carbocycles. The molecule has 4 saturated carbocycles. The average Bonchev–Trinajstić information content (AvgIpc) is 3.14. The first-order chi connectivity index (χ1) is 14.1. The van der Waals surface area contributed by atoms with E-state index in [-0.39, 0.29) is 17.1 Å². The molecular formula is C19H16ClF5N4O. The lowest BCUT2D eigenvalue weighted by Gasteiger charge is -2.60. The number of amides is 1. The zero-order chi connectivity index (χ0) is 21.4. The third-order valence-corrected chi connectivity index (χ3v) is 7.08. The number of carbonyl (C=O) groups is 1. The summed E-state index contributed by atoms with van der Waals surface area (Å²) in [6.07, 6.45) is 5.24. The van der Waals surface area contributed by atoms with Crippen molar-refractivity contribution in [2.45, 2.75) is 44.1 Å². The maximum absolute atomic E-state index is 14.1. The molecule has 1 N–H and O–H groups in total. The highest BCUT2D eigenvalue weighted by Crippen LogP contribution is 2.64. The zero-order valence-electron chi connectivity index (χ0n) is 15.5. The van der Waals surface area contributed by atoms with E-state index in [0.717, 1.165) is 19.3 Å². The van der Waals surface area contributed by atoms with Crippen LogP contribution in [0.3, 0.4) is 0 Å². The van der Waals surface area contributed by atoms with Gasteiger partial charge in [-0.1, -0.05) is 0 Å². The Morgan fingerprint density at radius 3 is 2.10 bits per heavy atom. The lowest BCUT2D eigenvalue weighted by molar-refractivity contribution is -0.150. The molecule has 4 bridgehead atoms. The summed E-state index contributed by atoms with van der Waals surface area (Å²) in [5.41, 5.74) is -2.83. The van der Waals surface area contributed by atoms with Gasteiger partial charge in [0.2, 0.25) is 17.0 Å². The number of aromatic nitrogens is 3. The van der Waals surface area contributed by atoms with E-state index in [2.05, 4.69) is 10.1 Å². The summed E-state index contributed by atoms with van der Waals surface area (Å²) in [6.45, 7) is 0. The molecule has 1 aromatic heterocycles. The maximum Gasteiger partial charge on any atom is 0.242 e. The van der Waals surface area contributed by atoms with Crippen LogP contribution in [0.4, 0.5) is 27.6 Å². The Morgan fingerprint density at radius 1 is 1.00 bits per heavy atom. The van der Waals surface area contributed by atoms with E-state index in [1.54, 1.807) is 4.68 Å². The van der Waals surface area contributed by atoms with Crippen molar-refractivity contribution in [3.05, 3.63) is 40.7 Å². The van der Waals surface area contributed by atoms with Crippen molar-refractivity contribution < 1.29 is 26.7 Å². The van der Waals surface area contributed by atoms with Gasteiger partial charge in [-0.15, -0.1) is 5.10 Å². The van der Waals surface area contributed by atoms with E-state index in [9.17, 15) is 26.7 Å². The average molecular weight is 447 g/mol. The van der Waals surface area contributed by atoms with E-state index in [1.165, 1.54) is 6.33 Å². The first-order valence-corrected chi connectivity index (χ1v) is 9.92. The molecule has 0 spiro atoms. The van der Waals surface area contributed by atoms with Crippen molar-refractivity contribution >= 4 is 23.2 Å². The molecule has 6 rings (SSSR count). The Hall–Kier alpha value is -2.23. The van der Waals surface area contributed by atoms with E-state index < -0.39 is 51.6 Å². The number of hydrogen-bond donors (Lipinski definition) is 1. The third kappa shape index (κ3) is 2.68. The smallest absolute Gasteiger partial charge is 0.242 e. The number of hydrogen-bond acceptors (Lipinski definition) is 3. The van der Waals surface area contributed by atoms with Gasteiger partial charge < -0.3 is 5.32 Å². The molecule has 1 amide bonds. The van der Waals surface area contributed by atoms with Gasteiger partial charge in [-0.2, -0.15) is 0 Å². The summed E-state index contributed by atoms with van der Waals surface area (Å²) < 4.78 is 70.3. The fourth-order valence-corrected chi connectivity index (χ4v) is 6.31. The van der Waals surface area contributed by atoms with Gasteiger partial charge in [0.15, 0.2) is 23.3 Å². The van der Waals surface area contributed by atoms with Crippen LogP contribution < -0.4 is 5.32 Å². The highest BCUT2D eigenvalue weighted by molar-refractivity contribution is 6.28. The predicted molar refractivity (Wildman–Crippen MR) is 95.0 cm³/mol. The van der Waals surface area contributed by atoms with Crippen molar-refractivity contribution in [2.75, 3.05) is 5.32 Å². The molecule has 1 aromatic carbocycles. The number of nitrogens with zero attached hydrogens (tertiary/aromatic N) is 3. The van der Waals surface area contributed by atoms with Crippen molar-refractivity contribution in [2.24, 2.45) is 17.3 Å². The number of halogens is 6. The minimum Gasteiger partial charge on any atom is -0.321 e.